The monoisotopic (exact) mass is 631 g/mol. The van der Waals surface area contributed by atoms with Crippen LogP contribution >= 0.6 is 45.2 Å². The number of halogens is 3. The second-order valence-electron chi connectivity index (χ2n) is 8.82. The van der Waals surface area contributed by atoms with Gasteiger partial charge in [0, 0.05) is 39.1 Å². The number of nitrogens with zero attached hydrogens (tertiary/aromatic N) is 5. The largest absolute Gasteiger partial charge is 0.377 e. The highest BCUT2D eigenvalue weighted by Crippen LogP contribution is 2.53. The quantitative estimate of drug-likeness (QED) is 0.372. The number of ether oxygens (including phenoxy) is 1. The SMILES string of the molecule is CN(C)C(=O)C1[C@H]2CN(C3CC4COCC(C3)N4c3nc(C(F)(I)I)no3)C[C@@H]12. The molecule has 4 fully saturated rings. The molecular formula is C18H24FI2N5O3. The van der Waals surface area contributed by atoms with E-state index in [4.69, 9.17) is 9.26 Å². The Morgan fingerprint density at radius 3 is 2.31 bits per heavy atom. The molecule has 29 heavy (non-hydrogen) atoms. The van der Waals surface area contributed by atoms with Crippen molar-refractivity contribution in [2.24, 2.45) is 17.8 Å². The van der Waals surface area contributed by atoms with Crippen molar-refractivity contribution < 1.29 is 18.4 Å². The summed E-state index contributed by atoms with van der Waals surface area (Å²) in [6, 6.07) is 1.17. The molecule has 3 unspecified atom stereocenters. The maximum Gasteiger partial charge on any atom is 0.324 e. The molecule has 1 aliphatic carbocycles. The molecule has 8 nitrogen and oxygen atoms in total. The lowest BCUT2D eigenvalue weighted by Gasteiger charge is -2.49. The molecule has 4 heterocycles. The van der Waals surface area contributed by atoms with Crippen LogP contribution in [0.1, 0.15) is 18.7 Å². The Labute approximate surface area is 196 Å². The van der Waals surface area contributed by atoms with E-state index in [9.17, 15) is 9.18 Å². The van der Waals surface area contributed by atoms with Gasteiger partial charge < -0.3 is 19.1 Å². The van der Waals surface area contributed by atoms with Crippen LogP contribution in [0.2, 0.25) is 0 Å². The van der Waals surface area contributed by atoms with E-state index in [1.807, 2.05) is 14.1 Å². The van der Waals surface area contributed by atoms with Crippen LogP contribution in [-0.2, 0) is 11.2 Å². The molecule has 0 aromatic carbocycles. The molecule has 5 rings (SSSR count). The molecule has 4 aliphatic rings. The van der Waals surface area contributed by atoms with Gasteiger partial charge in [0.2, 0.25) is 11.7 Å². The minimum atomic E-state index is -1.68. The number of morpholine rings is 1. The predicted octanol–water partition coefficient (Wildman–Crippen LogP) is 2.02. The summed E-state index contributed by atoms with van der Waals surface area (Å²) in [6.07, 6.45) is 1.91. The van der Waals surface area contributed by atoms with Gasteiger partial charge in [-0.3, -0.25) is 9.69 Å². The maximum atomic E-state index is 14.1. The molecule has 1 aromatic heterocycles. The van der Waals surface area contributed by atoms with E-state index < -0.39 is 1.68 Å². The van der Waals surface area contributed by atoms with Crippen molar-refractivity contribution in [2.45, 2.75) is 32.6 Å². The first-order valence-electron chi connectivity index (χ1n) is 9.96. The zero-order valence-electron chi connectivity index (χ0n) is 16.3. The molecule has 5 atom stereocenters. The van der Waals surface area contributed by atoms with Crippen molar-refractivity contribution in [2.75, 3.05) is 45.3 Å². The molecule has 3 aliphatic heterocycles. The van der Waals surface area contributed by atoms with E-state index in [2.05, 4.69) is 19.9 Å². The number of alkyl halides is 3. The lowest BCUT2D eigenvalue weighted by atomic mass is 9.89. The Bertz CT molecular complexity index is 777. The van der Waals surface area contributed by atoms with Gasteiger partial charge in [-0.05, 0) is 69.9 Å². The summed E-state index contributed by atoms with van der Waals surface area (Å²) >= 11 is 3.33. The average molecular weight is 631 g/mol. The van der Waals surface area contributed by atoms with Crippen LogP contribution in [0, 0.1) is 17.8 Å². The number of carbonyl (C=O) groups excluding carboxylic acids is 1. The molecular weight excluding hydrogens is 607 g/mol. The summed E-state index contributed by atoms with van der Waals surface area (Å²) in [4.78, 5) is 23.0. The summed E-state index contributed by atoms with van der Waals surface area (Å²) in [5.41, 5.74) is 0. The number of fused-ring (bicyclic) bond motifs is 3. The number of likely N-dealkylation sites (tertiary alicyclic amines) is 1. The zero-order valence-corrected chi connectivity index (χ0v) is 20.6. The molecule has 3 saturated heterocycles. The van der Waals surface area contributed by atoms with Crippen molar-refractivity contribution in [1.82, 2.24) is 19.9 Å². The molecule has 2 bridgehead atoms. The summed E-state index contributed by atoms with van der Waals surface area (Å²) in [5.74, 6) is 1.60. The molecule has 1 saturated carbocycles. The fraction of sp³-hybridized carbons (Fsp3) is 0.833. The highest BCUT2D eigenvalue weighted by molar-refractivity contribution is 14.2. The molecule has 0 N–H and O–H groups in total. The van der Waals surface area contributed by atoms with E-state index in [-0.39, 0.29) is 29.7 Å². The molecule has 11 heteroatoms. The van der Waals surface area contributed by atoms with E-state index in [0.29, 0.717) is 37.1 Å². The summed E-state index contributed by atoms with van der Waals surface area (Å²) in [6.45, 7) is 3.25. The van der Waals surface area contributed by atoms with Crippen molar-refractivity contribution in [3.63, 3.8) is 0 Å². The van der Waals surface area contributed by atoms with Gasteiger partial charge in [0.05, 0.1) is 25.3 Å². The maximum absolute atomic E-state index is 14.1. The van der Waals surface area contributed by atoms with Gasteiger partial charge in [0.15, 0.2) is 0 Å². The van der Waals surface area contributed by atoms with Gasteiger partial charge in [0.1, 0.15) is 0 Å². The Balaban J connectivity index is 1.25. The minimum Gasteiger partial charge on any atom is -0.377 e. The van der Waals surface area contributed by atoms with Crippen LogP contribution < -0.4 is 4.90 Å². The summed E-state index contributed by atoms with van der Waals surface area (Å²) in [7, 11) is 3.69. The number of hydrogen-bond acceptors (Lipinski definition) is 7. The van der Waals surface area contributed by atoms with Crippen molar-refractivity contribution in [3.8, 4) is 0 Å². The smallest absolute Gasteiger partial charge is 0.324 e. The van der Waals surface area contributed by atoms with E-state index in [0.717, 1.165) is 25.9 Å². The topological polar surface area (TPSA) is 74.9 Å². The normalized spacial score (nSPS) is 36.8. The third kappa shape index (κ3) is 3.67. The van der Waals surface area contributed by atoms with Crippen molar-refractivity contribution in [1.29, 1.82) is 0 Å². The lowest BCUT2D eigenvalue weighted by Crippen LogP contribution is -2.61. The number of hydrogen-bond donors (Lipinski definition) is 0. The minimum absolute atomic E-state index is 0.0612. The number of carbonyl (C=O) groups is 1. The molecule has 0 spiro atoms. The first-order valence-corrected chi connectivity index (χ1v) is 12.1. The van der Waals surface area contributed by atoms with Crippen LogP contribution in [0.15, 0.2) is 4.52 Å². The second-order valence-corrected chi connectivity index (χ2v) is 13.9. The van der Waals surface area contributed by atoms with Crippen LogP contribution in [0.25, 0.3) is 0 Å². The summed E-state index contributed by atoms with van der Waals surface area (Å²) in [5, 5.41) is 3.84. The zero-order chi connectivity index (χ0) is 20.5. The fourth-order valence-corrected chi connectivity index (χ4v) is 5.89. The van der Waals surface area contributed by atoms with Crippen LogP contribution in [0.5, 0.6) is 0 Å². The molecule has 1 aromatic rings. The second kappa shape index (κ2) is 7.40. The molecule has 0 radical (unpaired) electrons. The van der Waals surface area contributed by atoms with Crippen LogP contribution in [-0.4, -0.2) is 84.4 Å². The van der Waals surface area contributed by atoms with Gasteiger partial charge in [-0.2, -0.15) is 4.98 Å². The van der Waals surface area contributed by atoms with E-state index in [1.165, 1.54) is 0 Å². The van der Waals surface area contributed by atoms with Gasteiger partial charge in [-0.15, -0.1) is 0 Å². The average Bonchev–Trinajstić information content (AvgIpc) is 3.04. The Kier molecular flexibility index (Phi) is 5.26. The Morgan fingerprint density at radius 2 is 1.79 bits per heavy atom. The third-order valence-electron chi connectivity index (χ3n) is 6.85. The number of anilines is 1. The van der Waals surface area contributed by atoms with E-state index in [1.54, 1.807) is 50.1 Å². The van der Waals surface area contributed by atoms with Gasteiger partial charge >= 0.3 is 6.01 Å². The van der Waals surface area contributed by atoms with Gasteiger partial charge in [-0.25, -0.2) is 4.39 Å². The van der Waals surface area contributed by atoms with Crippen molar-refractivity contribution in [3.05, 3.63) is 5.82 Å². The Hall–Kier alpha value is -0.280. The molecule has 160 valence electrons. The van der Waals surface area contributed by atoms with Gasteiger partial charge in [-0.1, -0.05) is 5.16 Å². The number of aromatic nitrogens is 2. The van der Waals surface area contributed by atoms with E-state index >= 15 is 0 Å². The van der Waals surface area contributed by atoms with Gasteiger partial charge in [0.25, 0.3) is 1.68 Å². The number of amides is 1. The molecule has 1 amide bonds. The third-order valence-corrected chi connectivity index (χ3v) is 7.81. The highest BCUT2D eigenvalue weighted by Gasteiger charge is 2.61. The number of rotatable bonds is 4. The van der Waals surface area contributed by atoms with Crippen molar-refractivity contribution >= 4 is 57.1 Å². The highest BCUT2D eigenvalue weighted by atomic mass is 127. The number of piperidine rings is 2. The fourth-order valence-electron chi connectivity index (χ4n) is 5.45. The Morgan fingerprint density at radius 1 is 1.17 bits per heavy atom. The summed E-state index contributed by atoms with van der Waals surface area (Å²) < 4.78 is 23.7. The first-order chi connectivity index (χ1) is 13.7. The van der Waals surface area contributed by atoms with Crippen LogP contribution in [0.3, 0.4) is 0 Å². The van der Waals surface area contributed by atoms with Crippen LogP contribution in [0.4, 0.5) is 10.4 Å². The first kappa shape index (κ1) is 20.6. The predicted molar refractivity (Wildman–Crippen MR) is 120 cm³/mol. The lowest BCUT2D eigenvalue weighted by molar-refractivity contribution is -0.131. The standard InChI is InChI=1S/C18H24FI2N5O3/c1-24(2)15(27)14-12-5-25(6-13(12)14)9-3-10-7-28-8-11(4-9)26(10)17-22-16(23-29-17)18(19,20)21/h9-14H,3-8H2,1-2H3/t9?,10?,11?,12-,13+,14?.